The minimum atomic E-state index is 0.249. The molecule has 2 aliphatic rings. The van der Waals surface area contributed by atoms with Crippen molar-refractivity contribution < 1.29 is 4.79 Å². The lowest BCUT2D eigenvalue weighted by Crippen LogP contribution is -2.45. The highest BCUT2D eigenvalue weighted by molar-refractivity contribution is 5.76. The lowest BCUT2D eigenvalue weighted by Gasteiger charge is -2.36. The minimum absolute atomic E-state index is 0.249. The zero-order chi connectivity index (χ0) is 18.4. The number of benzene rings is 1. The predicted molar refractivity (Wildman–Crippen MR) is 107 cm³/mol. The Kier molecular flexibility index (Phi) is 7.09. The van der Waals surface area contributed by atoms with Crippen LogP contribution in [0.3, 0.4) is 0 Å². The second-order valence-electron chi connectivity index (χ2n) is 8.13. The van der Waals surface area contributed by atoms with Crippen LogP contribution in [0.4, 0.5) is 0 Å². The van der Waals surface area contributed by atoms with Crippen molar-refractivity contribution in [1.29, 1.82) is 0 Å². The SMILES string of the molecule is C[C@@H](c1ccccc1)N1CCC(NC(=O)CC[C@@H]2CCCCN2C)CC1. The summed E-state index contributed by atoms with van der Waals surface area (Å²) in [5.41, 5.74) is 1.38. The van der Waals surface area contributed by atoms with Crippen molar-refractivity contribution >= 4 is 5.91 Å². The number of nitrogens with zero attached hydrogens (tertiary/aromatic N) is 2. The molecule has 144 valence electrons. The third kappa shape index (κ3) is 5.31. The molecular weight excluding hydrogens is 322 g/mol. The van der Waals surface area contributed by atoms with E-state index < -0.39 is 0 Å². The average Bonchev–Trinajstić information content (AvgIpc) is 2.68. The molecule has 1 N–H and O–H groups in total. The summed E-state index contributed by atoms with van der Waals surface area (Å²) in [5, 5.41) is 3.29. The van der Waals surface area contributed by atoms with Crippen LogP contribution in [0.25, 0.3) is 0 Å². The van der Waals surface area contributed by atoms with E-state index in [4.69, 9.17) is 0 Å². The Morgan fingerprint density at radius 3 is 2.54 bits per heavy atom. The Bertz CT molecular complexity index is 554. The highest BCUT2D eigenvalue weighted by atomic mass is 16.1. The summed E-state index contributed by atoms with van der Waals surface area (Å²) in [5.74, 6) is 0.249. The summed E-state index contributed by atoms with van der Waals surface area (Å²) in [4.78, 5) is 17.3. The monoisotopic (exact) mass is 357 g/mol. The summed E-state index contributed by atoms with van der Waals surface area (Å²) in [6.45, 7) is 5.60. The molecule has 2 aliphatic heterocycles. The molecule has 1 aromatic carbocycles. The molecule has 1 aromatic rings. The van der Waals surface area contributed by atoms with Gasteiger partial charge in [0.25, 0.3) is 0 Å². The zero-order valence-corrected chi connectivity index (χ0v) is 16.5. The van der Waals surface area contributed by atoms with Crippen LogP contribution >= 0.6 is 0 Å². The third-order valence-electron chi connectivity index (χ3n) is 6.35. The van der Waals surface area contributed by atoms with Crippen LogP contribution in [0.5, 0.6) is 0 Å². The van der Waals surface area contributed by atoms with Crippen molar-refractivity contribution in [1.82, 2.24) is 15.1 Å². The highest BCUT2D eigenvalue weighted by Gasteiger charge is 2.25. The lowest BCUT2D eigenvalue weighted by molar-refractivity contribution is -0.122. The van der Waals surface area contributed by atoms with Gasteiger partial charge in [-0.1, -0.05) is 36.8 Å². The first-order valence-electron chi connectivity index (χ1n) is 10.4. The Morgan fingerprint density at radius 1 is 1.12 bits per heavy atom. The van der Waals surface area contributed by atoms with Gasteiger partial charge in [0.2, 0.25) is 5.91 Å². The maximum atomic E-state index is 12.4. The number of carbonyl (C=O) groups excluding carboxylic acids is 1. The van der Waals surface area contributed by atoms with Crippen LogP contribution in [0.1, 0.15) is 63.5 Å². The van der Waals surface area contributed by atoms with E-state index in [-0.39, 0.29) is 5.91 Å². The summed E-state index contributed by atoms with van der Waals surface area (Å²) < 4.78 is 0. The number of amides is 1. The molecule has 0 unspecified atom stereocenters. The van der Waals surface area contributed by atoms with Gasteiger partial charge in [0.1, 0.15) is 0 Å². The first kappa shape index (κ1) is 19.4. The third-order valence-corrected chi connectivity index (χ3v) is 6.35. The van der Waals surface area contributed by atoms with Gasteiger partial charge in [-0.25, -0.2) is 0 Å². The van der Waals surface area contributed by atoms with E-state index in [1.807, 2.05) is 0 Å². The zero-order valence-electron chi connectivity index (χ0n) is 16.5. The minimum Gasteiger partial charge on any atom is -0.353 e. The second-order valence-corrected chi connectivity index (χ2v) is 8.13. The van der Waals surface area contributed by atoms with Gasteiger partial charge in [-0.2, -0.15) is 0 Å². The summed E-state index contributed by atoms with van der Waals surface area (Å²) in [6, 6.07) is 12.1. The molecule has 3 rings (SSSR count). The van der Waals surface area contributed by atoms with E-state index in [0.29, 0.717) is 24.5 Å². The Labute approximate surface area is 158 Å². The number of carbonyl (C=O) groups is 1. The fraction of sp³-hybridized carbons (Fsp3) is 0.682. The van der Waals surface area contributed by atoms with E-state index >= 15 is 0 Å². The Balaban J connectivity index is 1.37. The summed E-state index contributed by atoms with van der Waals surface area (Å²) in [6.07, 6.45) is 7.67. The molecule has 2 atom stereocenters. The molecular formula is C22H35N3O. The standard InChI is InChI=1S/C22H35N3O/c1-18(19-8-4-3-5-9-19)25-16-13-20(14-17-25)23-22(26)12-11-21-10-6-7-15-24(21)2/h3-5,8-9,18,20-21H,6-7,10-17H2,1-2H3,(H,23,26)/t18-,21-/m0/s1. The molecule has 2 saturated heterocycles. The van der Waals surface area contributed by atoms with Gasteiger partial charge in [0.15, 0.2) is 0 Å². The molecule has 1 amide bonds. The molecule has 0 aromatic heterocycles. The lowest BCUT2D eigenvalue weighted by atomic mass is 9.97. The molecule has 0 aliphatic carbocycles. The number of likely N-dealkylation sites (tertiary alicyclic amines) is 2. The molecule has 0 bridgehead atoms. The van der Waals surface area contributed by atoms with Crippen LogP contribution in [-0.4, -0.2) is 54.5 Å². The molecule has 2 heterocycles. The Hall–Kier alpha value is -1.39. The molecule has 2 fully saturated rings. The number of rotatable bonds is 6. The van der Waals surface area contributed by atoms with E-state index in [0.717, 1.165) is 32.4 Å². The van der Waals surface area contributed by atoms with E-state index in [1.54, 1.807) is 0 Å². The molecule has 0 radical (unpaired) electrons. The first-order valence-corrected chi connectivity index (χ1v) is 10.4. The van der Waals surface area contributed by atoms with Gasteiger partial charge in [-0.05, 0) is 58.2 Å². The van der Waals surface area contributed by atoms with E-state index in [9.17, 15) is 4.79 Å². The van der Waals surface area contributed by atoms with E-state index in [1.165, 1.54) is 31.4 Å². The smallest absolute Gasteiger partial charge is 0.220 e. The number of nitrogens with one attached hydrogen (secondary N) is 1. The van der Waals surface area contributed by atoms with Crippen molar-refractivity contribution in [2.45, 2.75) is 70.0 Å². The fourth-order valence-electron chi connectivity index (χ4n) is 4.48. The van der Waals surface area contributed by atoms with Crippen molar-refractivity contribution in [3.8, 4) is 0 Å². The van der Waals surface area contributed by atoms with Gasteiger partial charge >= 0.3 is 0 Å². The van der Waals surface area contributed by atoms with Crippen molar-refractivity contribution in [2.24, 2.45) is 0 Å². The van der Waals surface area contributed by atoms with Crippen LogP contribution in [0.15, 0.2) is 30.3 Å². The largest absolute Gasteiger partial charge is 0.353 e. The van der Waals surface area contributed by atoms with Gasteiger partial charge in [-0.15, -0.1) is 0 Å². The van der Waals surface area contributed by atoms with Crippen LogP contribution < -0.4 is 5.32 Å². The summed E-state index contributed by atoms with van der Waals surface area (Å²) in [7, 11) is 2.20. The molecule has 26 heavy (non-hydrogen) atoms. The second kappa shape index (κ2) is 9.52. The van der Waals surface area contributed by atoms with E-state index in [2.05, 4.69) is 59.4 Å². The maximum Gasteiger partial charge on any atom is 0.220 e. The molecule has 4 heteroatoms. The fourth-order valence-corrected chi connectivity index (χ4v) is 4.48. The van der Waals surface area contributed by atoms with Crippen LogP contribution in [0, 0.1) is 0 Å². The predicted octanol–water partition coefficient (Wildman–Crippen LogP) is 3.59. The molecule has 0 spiro atoms. The van der Waals surface area contributed by atoms with Gasteiger partial charge in [0.05, 0.1) is 0 Å². The molecule has 0 saturated carbocycles. The summed E-state index contributed by atoms with van der Waals surface area (Å²) >= 11 is 0. The van der Waals surface area contributed by atoms with Gasteiger partial charge in [0, 0.05) is 37.6 Å². The quantitative estimate of drug-likeness (QED) is 0.845. The van der Waals surface area contributed by atoms with Crippen molar-refractivity contribution in [3.63, 3.8) is 0 Å². The number of piperidine rings is 2. The number of hydrogen-bond acceptors (Lipinski definition) is 3. The molecule has 4 nitrogen and oxygen atoms in total. The highest BCUT2D eigenvalue weighted by Crippen LogP contribution is 2.24. The van der Waals surface area contributed by atoms with Gasteiger partial charge in [-0.3, -0.25) is 9.69 Å². The maximum absolute atomic E-state index is 12.4. The number of hydrogen-bond donors (Lipinski definition) is 1. The first-order chi connectivity index (χ1) is 12.6. The van der Waals surface area contributed by atoms with Crippen molar-refractivity contribution in [3.05, 3.63) is 35.9 Å². The Morgan fingerprint density at radius 2 is 1.85 bits per heavy atom. The van der Waals surface area contributed by atoms with Gasteiger partial charge < -0.3 is 10.2 Å². The topological polar surface area (TPSA) is 35.6 Å². The van der Waals surface area contributed by atoms with Crippen LogP contribution in [-0.2, 0) is 4.79 Å². The normalized spacial score (nSPS) is 24.3. The van der Waals surface area contributed by atoms with Crippen molar-refractivity contribution in [2.75, 3.05) is 26.7 Å². The van der Waals surface area contributed by atoms with Crippen LogP contribution in [0.2, 0.25) is 0 Å². The average molecular weight is 358 g/mol.